The first-order valence-electron chi connectivity index (χ1n) is 14.5. The summed E-state index contributed by atoms with van der Waals surface area (Å²) in [6.07, 6.45) is 8.83. The van der Waals surface area contributed by atoms with Crippen molar-refractivity contribution < 1.29 is 13.2 Å². The predicted octanol–water partition coefficient (Wildman–Crippen LogP) is 3.65. The van der Waals surface area contributed by atoms with Gasteiger partial charge in [0.2, 0.25) is 5.82 Å². The van der Waals surface area contributed by atoms with Crippen LogP contribution < -0.4 is 5.73 Å². The SMILES string of the molecule is Nc1c(S(=O)(=O)C2CC2)c(C2CC3CCC(C2)N3C(=O)c2ncn[nH]2)nc2c(-c3ccc(-c4ccccc4)nc3)cnn12. The third-order valence-electron chi connectivity index (χ3n) is 9.03. The first kappa shape index (κ1) is 26.0. The zero-order valence-corrected chi connectivity index (χ0v) is 24.0. The lowest BCUT2D eigenvalue weighted by molar-refractivity contribution is 0.0556. The zero-order chi connectivity index (χ0) is 29.3. The van der Waals surface area contributed by atoms with Gasteiger partial charge in [-0.25, -0.2) is 18.4 Å². The molecule has 0 spiro atoms. The normalized spacial score (nSPS) is 21.9. The maximum atomic E-state index is 13.8. The van der Waals surface area contributed by atoms with E-state index in [1.807, 2.05) is 47.4 Å². The molecule has 3 fully saturated rings. The monoisotopic (exact) mass is 595 g/mol. The minimum absolute atomic E-state index is 0.0591. The van der Waals surface area contributed by atoms with Crippen LogP contribution in [0.15, 0.2) is 66.1 Å². The molecule has 6 heterocycles. The molecule has 8 rings (SSSR count). The van der Waals surface area contributed by atoms with Gasteiger partial charge >= 0.3 is 0 Å². The van der Waals surface area contributed by atoms with Crippen LogP contribution in [0.25, 0.3) is 28.0 Å². The summed E-state index contributed by atoms with van der Waals surface area (Å²) in [5.74, 6) is -0.0679. The Bertz CT molecular complexity index is 1940. The number of nitrogen functional groups attached to an aromatic ring is 1. The van der Waals surface area contributed by atoms with E-state index in [0.717, 1.165) is 35.2 Å². The van der Waals surface area contributed by atoms with Crippen molar-refractivity contribution in [1.29, 1.82) is 0 Å². The van der Waals surface area contributed by atoms with Crippen LogP contribution in [0.5, 0.6) is 0 Å². The summed E-state index contributed by atoms with van der Waals surface area (Å²) in [6, 6.07) is 13.7. The number of amides is 1. The summed E-state index contributed by atoms with van der Waals surface area (Å²) in [4.78, 5) is 29.0. The van der Waals surface area contributed by atoms with Gasteiger partial charge in [-0.1, -0.05) is 36.4 Å². The fourth-order valence-electron chi connectivity index (χ4n) is 6.83. The molecule has 2 aliphatic heterocycles. The van der Waals surface area contributed by atoms with Crippen LogP contribution in [-0.2, 0) is 9.84 Å². The van der Waals surface area contributed by atoms with E-state index in [4.69, 9.17) is 10.7 Å². The maximum Gasteiger partial charge on any atom is 0.291 e. The minimum atomic E-state index is -3.70. The number of anilines is 1. The second kappa shape index (κ2) is 9.69. The number of pyridine rings is 1. The van der Waals surface area contributed by atoms with Crippen LogP contribution >= 0.6 is 0 Å². The van der Waals surface area contributed by atoms with Gasteiger partial charge in [0.05, 0.1) is 22.8 Å². The lowest BCUT2D eigenvalue weighted by Gasteiger charge is -2.38. The minimum Gasteiger partial charge on any atom is -0.382 e. The van der Waals surface area contributed by atoms with E-state index in [-0.39, 0.29) is 40.4 Å². The molecule has 218 valence electrons. The maximum absolute atomic E-state index is 13.8. The molecule has 1 aromatic carbocycles. The van der Waals surface area contributed by atoms with Gasteiger partial charge in [0.15, 0.2) is 15.5 Å². The molecule has 3 N–H and O–H groups in total. The Balaban J connectivity index is 1.21. The Morgan fingerprint density at radius 2 is 1.70 bits per heavy atom. The molecule has 5 aromatic rings. The highest BCUT2D eigenvalue weighted by Gasteiger charge is 2.48. The molecule has 13 heteroatoms. The number of nitrogens with two attached hydrogens (primary N) is 1. The van der Waals surface area contributed by atoms with E-state index < -0.39 is 15.1 Å². The molecule has 2 unspecified atom stereocenters. The Morgan fingerprint density at radius 3 is 2.35 bits per heavy atom. The molecule has 1 saturated carbocycles. The van der Waals surface area contributed by atoms with Crippen LogP contribution in [0.1, 0.15) is 60.8 Å². The number of hydrogen-bond donors (Lipinski definition) is 2. The third kappa shape index (κ3) is 4.21. The number of nitrogens with zero attached hydrogens (tertiary/aromatic N) is 7. The number of benzene rings is 1. The molecule has 43 heavy (non-hydrogen) atoms. The summed E-state index contributed by atoms with van der Waals surface area (Å²) in [5.41, 5.74) is 11.0. The van der Waals surface area contributed by atoms with Gasteiger partial charge < -0.3 is 10.6 Å². The fourth-order valence-corrected chi connectivity index (χ4v) is 8.80. The highest BCUT2D eigenvalue weighted by atomic mass is 32.2. The second-order valence-electron chi connectivity index (χ2n) is 11.6. The number of carbonyl (C=O) groups excluding carboxylic acids is 1. The third-order valence-corrected chi connectivity index (χ3v) is 11.4. The fraction of sp³-hybridized carbons (Fsp3) is 0.333. The van der Waals surface area contributed by atoms with Gasteiger partial charge in [0.1, 0.15) is 17.0 Å². The Kier molecular flexibility index (Phi) is 5.86. The standard InChI is InChI=1S/C30H29N9O3S/c31-27-26(43(41,42)22-9-10-22)25(19-12-20-7-8-21(13-19)38(20)30(40)28-33-16-34-37-28)36-29-23(15-35-39(27)29)18-6-11-24(32-14-18)17-4-2-1-3-5-17/h1-6,11,14-16,19-22H,7-10,12-13,31H2,(H,33,34,37). The van der Waals surface area contributed by atoms with Crippen molar-refractivity contribution in [2.24, 2.45) is 0 Å². The highest BCUT2D eigenvalue weighted by molar-refractivity contribution is 7.92. The van der Waals surface area contributed by atoms with Gasteiger partial charge in [-0.3, -0.25) is 14.9 Å². The Morgan fingerprint density at radius 1 is 0.930 bits per heavy atom. The number of sulfone groups is 1. The van der Waals surface area contributed by atoms with Crippen molar-refractivity contribution in [2.45, 2.75) is 66.7 Å². The van der Waals surface area contributed by atoms with E-state index >= 15 is 0 Å². The Hall–Kier alpha value is -4.65. The average Bonchev–Trinajstić information content (AvgIpc) is 3.48. The van der Waals surface area contributed by atoms with Crippen molar-refractivity contribution in [3.05, 3.63) is 72.7 Å². The average molecular weight is 596 g/mol. The summed E-state index contributed by atoms with van der Waals surface area (Å²) >= 11 is 0. The lowest BCUT2D eigenvalue weighted by atomic mass is 9.87. The molecule has 12 nitrogen and oxygen atoms in total. The first-order valence-corrected chi connectivity index (χ1v) is 16.1. The molecule has 0 radical (unpaired) electrons. The topological polar surface area (TPSA) is 165 Å². The number of aromatic amines is 1. The number of piperidine rings is 1. The van der Waals surface area contributed by atoms with E-state index in [9.17, 15) is 13.2 Å². The molecular formula is C30H29N9O3S. The molecular weight excluding hydrogens is 566 g/mol. The Labute approximate surface area is 247 Å². The molecule has 3 aliphatic rings. The summed E-state index contributed by atoms with van der Waals surface area (Å²) in [7, 11) is -3.70. The van der Waals surface area contributed by atoms with Gasteiger partial charge in [-0.05, 0) is 44.6 Å². The van der Waals surface area contributed by atoms with Crippen molar-refractivity contribution in [3.63, 3.8) is 0 Å². The van der Waals surface area contributed by atoms with Crippen LogP contribution in [0, 0.1) is 0 Å². The van der Waals surface area contributed by atoms with Gasteiger partial charge in [0, 0.05) is 40.9 Å². The predicted molar refractivity (Wildman–Crippen MR) is 158 cm³/mol. The van der Waals surface area contributed by atoms with Crippen LogP contribution in [0.3, 0.4) is 0 Å². The van der Waals surface area contributed by atoms with E-state index in [0.29, 0.717) is 37.0 Å². The quantitative estimate of drug-likeness (QED) is 0.298. The number of aromatic nitrogens is 7. The van der Waals surface area contributed by atoms with E-state index in [1.54, 1.807) is 12.4 Å². The number of fused-ring (bicyclic) bond motifs is 3. The van der Waals surface area contributed by atoms with Crippen molar-refractivity contribution >= 4 is 27.2 Å². The molecule has 1 aliphatic carbocycles. The molecule has 1 amide bonds. The van der Waals surface area contributed by atoms with Gasteiger partial charge in [0.25, 0.3) is 5.91 Å². The summed E-state index contributed by atoms with van der Waals surface area (Å²) < 4.78 is 29.1. The van der Waals surface area contributed by atoms with Crippen LogP contribution in [0.2, 0.25) is 0 Å². The first-order chi connectivity index (χ1) is 20.9. The van der Waals surface area contributed by atoms with Crippen molar-refractivity contribution in [3.8, 4) is 22.4 Å². The lowest BCUT2D eigenvalue weighted by Crippen LogP contribution is -2.46. The molecule has 2 bridgehead atoms. The van der Waals surface area contributed by atoms with Crippen LogP contribution in [0.4, 0.5) is 5.82 Å². The summed E-state index contributed by atoms with van der Waals surface area (Å²) in [5, 5.41) is 10.5. The van der Waals surface area contributed by atoms with E-state index in [1.165, 1.54) is 10.8 Å². The number of nitrogens with one attached hydrogen (secondary N) is 1. The number of hydrogen-bond acceptors (Lipinski definition) is 9. The molecule has 2 atom stereocenters. The highest BCUT2D eigenvalue weighted by Crippen LogP contribution is 2.47. The summed E-state index contributed by atoms with van der Waals surface area (Å²) in [6.45, 7) is 0. The molecule has 2 saturated heterocycles. The van der Waals surface area contributed by atoms with Crippen molar-refractivity contribution in [1.82, 2.24) is 39.7 Å². The second-order valence-corrected chi connectivity index (χ2v) is 13.8. The van der Waals surface area contributed by atoms with Crippen LogP contribution in [-0.4, -0.2) is 71.3 Å². The van der Waals surface area contributed by atoms with Gasteiger partial charge in [-0.2, -0.15) is 14.7 Å². The number of rotatable bonds is 6. The van der Waals surface area contributed by atoms with Gasteiger partial charge in [-0.15, -0.1) is 0 Å². The smallest absolute Gasteiger partial charge is 0.291 e. The van der Waals surface area contributed by atoms with Crippen molar-refractivity contribution in [2.75, 3.05) is 5.73 Å². The number of H-pyrrole nitrogens is 1. The number of carbonyl (C=O) groups is 1. The van der Waals surface area contributed by atoms with E-state index in [2.05, 4.69) is 25.3 Å². The zero-order valence-electron chi connectivity index (χ0n) is 23.2. The molecule has 4 aromatic heterocycles. The largest absolute Gasteiger partial charge is 0.382 e.